The number of amides is 1. The number of carbonyl (C=O) groups is 5. The van der Waals surface area contributed by atoms with Crippen molar-refractivity contribution in [2.24, 2.45) is 29.4 Å². The first kappa shape index (κ1) is 25.9. The lowest BCUT2D eigenvalue weighted by Gasteiger charge is -2.52. The highest BCUT2D eigenvalue weighted by Crippen LogP contribution is 2.51. The summed E-state index contributed by atoms with van der Waals surface area (Å²) in [5.41, 5.74) is 5.30. The minimum absolute atomic E-state index is 0.0298. The smallest absolute Gasteiger partial charge is 0.235 e. The number of phenolic OH excluding ortho intramolecular Hbond substituents is 1. The van der Waals surface area contributed by atoms with Crippen LogP contribution in [0.1, 0.15) is 33.5 Å². The van der Waals surface area contributed by atoms with Crippen molar-refractivity contribution in [2.45, 2.75) is 37.3 Å². The van der Waals surface area contributed by atoms with E-state index in [1.807, 2.05) is 30.3 Å². The van der Waals surface area contributed by atoms with Crippen LogP contribution in [0.2, 0.25) is 0 Å². The number of phenols is 1. The van der Waals surface area contributed by atoms with E-state index in [4.69, 9.17) is 5.73 Å². The number of rotatable bonds is 5. The van der Waals surface area contributed by atoms with Crippen molar-refractivity contribution in [2.75, 3.05) is 14.1 Å². The highest BCUT2D eigenvalue weighted by Gasteiger charge is 2.69. The number of nitrogens with zero attached hydrogens (tertiary/aromatic N) is 1. The van der Waals surface area contributed by atoms with Crippen molar-refractivity contribution in [1.29, 1.82) is 0 Å². The van der Waals surface area contributed by atoms with Crippen LogP contribution in [0.15, 0.2) is 42.5 Å². The normalized spacial score (nSPS) is 30.6. The van der Waals surface area contributed by atoms with E-state index in [2.05, 4.69) is 0 Å². The fraction of sp³-hybridized carbons (Fsp3) is 0.414. The van der Waals surface area contributed by atoms with E-state index in [-0.39, 0.29) is 24.2 Å². The maximum absolute atomic E-state index is 13.8. The van der Waals surface area contributed by atoms with Gasteiger partial charge < -0.3 is 15.9 Å². The molecule has 5 rings (SSSR count). The Morgan fingerprint density at radius 3 is 2.34 bits per heavy atom. The van der Waals surface area contributed by atoms with Gasteiger partial charge >= 0.3 is 0 Å². The first-order valence-electron chi connectivity index (χ1n) is 12.7. The van der Waals surface area contributed by atoms with Crippen molar-refractivity contribution >= 4 is 29.0 Å². The molecule has 0 saturated heterocycles. The van der Waals surface area contributed by atoms with Gasteiger partial charge in [0.25, 0.3) is 0 Å². The summed E-state index contributed by atoms with van der Waals surface area (Å²) >= 11 is 0. The van der Waals surface area contributed by atoms with Gasteiger partial charge in [-0.25, -0.2) is 0 Å². The molecule has 2 saturated carbocycles. The number of fused-ring (bicyclic) bond motifs is 3. The van der Waals surface area contributed by atoms with Crippen molar-refractivity contribution < 1.29 is 34.2 Å². The SMILES string of the molecule is CN(C)[C@H]1C(=O)C(C(N)=O)C(=O)[C@]2(O)C(=O)C3C(=O)c4c(O)ccc(CCc5ccccc5)c4C[C@@H]3C[C@H]12. The molecule has 198 valence electrons. The highest BCUT2D eigenvalue weighted by atomic mass is 16.3. The molecule has 2 unspecified atom stereocenters. The Hall–Kier alpha value is -3.69. The second-order valence-corrected chi connectivity index (χ2v) is 10.9. The lowest BCUT2D eigenvalue weighted by molar-refractivity contribution is -0.181. The first-order valence-corrected chi connectivity index (χ1v) is 12.7. The summed E-state index contributed by atoms with van der Waals surface area (Å²) in [5.74, 6) is -10.3. The third kappa shape index (κ3) is 3.72. The van der Waals surface area contributed by atoms with Crippen molar-refractivity contribution in [1.82, 2.24) is 4.90 Å². The van der Waals surface area contributed by atoms with Gasteiger partial charge in [-0.05, 0) is 68.5 Å². The number of Topliss-reactive ketones (excluding diaryl/α,β-unsaturated/α-hetero) is 4. The monoisotopic (exact) mass is 518 g/mol. The van der Waals surface area contributed by atoms with Gasteiger partial charge in [0.1, 0.15) is 5.75 Å². The topological polar surface area (TPSA) is 155 Å². The lowest BCUT2D eigenvalue weighted by Crippen LogP contribution is -2.74. The Morgan fingerprint density at radius 2 is 1.71 bits per heavy atom. The van der Waals surface area contributed by atoms with Gasteiger partial charge in [-0.1, -0.05) is 36.4 Å². The van der Waals surface area contributed by atoms with Crippen molar-refractivity contribution in [3.05, 3.63) is 64.7 Å². The minimum atomic E-state index is -2.71. The summed E-state index contributed by atoms with van der Waals surface area (Å²) in [6.45, 7) is 0. The number of hydrogen-bond acceptors (Lipinski definition) is 8. The lowest BCUT2D eigenvalue weighted by atomic mass is 9.52. The summed E-state index contributed by atoms with van der Waals surface area (Å²) in [4.78, 5) is 67.6. The number of aromatic hydroxyl groups is 1. The van der Waals surface area contributed by atoms with Crippen molar-refractivity contribution in [3.8, 4) is 5.75 Å². The molecule has 0 heterocycles. The quantitative estimate of drug-likeness (QED) is 0.488. The second kappa shape index (κ2) is 9.25. The minimum Gasteiger partial charge on any atom is -0.507 e. The molecule has 3 aliphatic carbocycles. The number of primary amides is 1. The third-order valence-corrected chi connectivity index (χ3v) is 8.57. The van der Waals surface area contributed by atoms with E-state index in [1.165, 1.54) is 11.0 Å². The standard InChI is InChI=1S/C29H30N2O7/c1-31(2)23-18-13-16-12-17-15(9-8-14-6-4-3-5-7-14)10-11-19(32)21(17)24(33)20(16)26(35)29(18,38)27(36)22(25(23)34)28(30)37/h3-7,10-11,16,18,20,22-23,32,38H,8-9,12-13H2,1-2H3,(H2,30,37)/t16-,18-,20?,22?,23-,29-/m1/s1. The molecule has 2 fully saturated rings. The van der Waals surface area contributed by atoms with Crippen LogP contribution in [0.5, 0.6) is 5.75 Å². The second-order valence-electron chi connectivity index (χ2n) is 10.9. The molecule has 38 heavy (non-hydrogen) atoms. The molecular formula is C29H30N2O7. The number of nitrogens with two attached hydrogens (primary N) is 1. The molecule has 3 aliphatic rings. The molecule has 0 aromatic heterocycles. The van der Waals surface area contributed by atoms with Gasteiger partial charge in [0.05, 0.1) is 17.5 Å². The zero-order valence-electron chi connectivity index (χ0n) is 21.2. The molecule has 0 aliphatic heterocycles. The van der Waals surface area contributed by atoms with Crippen LogP contribution in [0, 0.1) is 23.7 Å². The van der Waals surface area contributed by atoms with E-state index < -0.39 is 64.4 Å². The van der Waals surface area contributed by atoms with Gasteiger partial charge in [0.2, 0.25) is 5.91 Å². The number of ketones is 4. The Morgan fingerprint density at radius 1 is 1.03 bits per heavy atom. The number of carbonyl (C=O) groups excluding carboxylic acids is 5. The average molecular weight is 519 g/mol. The molecule has 0 bridgehead atoms. The number of benzene rings is 2. The van der Waals surface area contributed by atoms with Crippen LogP contribution in [0.25, 0.3) is 0 Å². The average Bonchev–Trinajstić information content (AvgIpc) is 2.86. The summed E-state index contributed by atoms with van der Waals surface area (Å²) in [5, 5.41) is 22.3. The van der Waals surface area contributed by atoms with Gasteiger partial charge in [-0.15, -0.1) is 0 Å². The molecule has 9 nitrogen and oxygen atoms in total. The molecular weight excluding hydrogens is 488 g/mol. The highest BCUT2D eigenvalue weighted by molar-refractivity contribution is 6.32. The summed E-state index contributed by atoms with van der Waals surface area (Å²) in [6, 6.07) is 11.9. The molecule has 2 aromatic carbocycles. The fourth-order valence-electron chi connectivity index (χ4n) is 6.83. The molecule has 9 heteroatoms. The van der Waals surface area contributed by atoms with E-state index in [0.717, 1.165) is 11.1 Å². The Kier molecular flexibility index (Phi) is 6.31. The molecule has 1 amide bonds. The van der Waals surface area contributed by atoms with E-state index in [1.54, 1.807) is 20.2 Å². The predicted molar refractivity (Wildman–Crippen MR) is 135 cm³/mol. The molecule has 2 aromatic rings. The number of aryl methyl sites for hydroxylation is 2. The van der Waals surface area contributed by atoms with E-state index >= 15 is 0 Å². The predicted octanol–water partition coefficient (Wildman–Crippen LogP) is 0.652. The van der Waals surface area contributed by atoms with Crippen LogP contribution in [0.3, 0.4) is 0 Å². The maximum Gasteiger partial charge on any atom is 0.235 e. The van der Waals surface area contributed by atoms with Crippen molar-refractivity contribution in [3.63, 3.8) is 0 Å². The van der Waals surface area contributed by atoms with Crippen LogP contribution in [-0.2, 0) is 38.4 Å². The largest absolute Gasteiger partial charge is 0.507 e. The number of likely N-dealkylation sites (N-methyl/N-ethyl adjacent to an activating group) is 1. The third-order valence-electron chi connectivity index (χ3n) is 8.57. The van der Waals surface area contributed by atoms with Crippen LogP contribution in [-0.4, -0.2) is 69.9 Å². The van der Waals surface area contributed by atoms with Gasteiger partial charge in [0, 0.05) is 5.92 Å². The zero-order valence-corrected chi connectivity index (χ0v) is 21.2. The van der Waals surface area contributed by atoms with Crippen LogP contribution in [0.4, 0.5) is 0 Å². The Balaban J connectivity index is 1.56. The number of aliphatic hydroxyl groups is 1. The summed E-state index contributed by atoms with van der Waals surface area (Å²) in [6.07, 6.45) is 1.63. The van der Waals surface area contributed by atoms with Crippen LogP contribution < -0.4 is 5.73 Å². The van der Waals surface area contributed by atoms with E-state index in [9.17, 15) is 34.2 Å². The molecule has 0 spiro atoms. The van der Waals surface area contributed by atoms with Gasteiger partial charge in [0.15, 0.2) is 34.7 Å². The van der Waals surface area contributed by atoms with Gasteiger partial charge in [-0.2, -0.15) is 0 Å². The number of hydrogen-bond donors (Lipinski definition) is 3. The summed E-state index contributed by atoms with van der Waals surface area (Å²) < 4.78 is 0. The summed E-state index contributed by atoms with van der Waals surface area (Å²) in [7, 11) is 3.13. The first-order chi connectivity index (χ1) is 18.0. The zero-order chi connectivity index (χ0) is 27.5. The molecule has 4 N–H and O–H groups in total. The van der Waals surface area contributed by atoms with E-state index in [0.29, 0.717) is 18.4 Å². The Bertz CT molecular complexity index is 1370. The molecule has 0 radical (unpaired) electrons. The molecule has 6 atom stereocenters. The fourth-order valence-corrected chi connectivity index (χ4v) is 6.83. The Labute approximate surface area is 219 Å². The van der Waals surface area contributed by atoms with Gasteiger partial charge in [-0.3, -0.25) is 28.9 Å². The maximum atomic E-state index is 13.8. The van der Waals surface area contributed by atoms with Crippen LogP contribution >= 0.6 is 0 Å².